The predicted molar refractivity (Wildman–Crippen MR) is 91.1 cm³/mol. The molecule has 1 amide bonds. The topological polar surface area (TPSA) is 75.6 Å². The van der Waals surface area contributed by atoms with Crippen molar-refractivity contribution < 1.29 is 13.6 Å². The van der Waals surface area contributed by atoms with Crippen molar-refractivity contribution in [3.05, 3.63) is 59.6 Å². The average Bonchev–Trinajstić information content (AvgIpc) is 3.15. The number of halogens is 2. The molecule has 8 heteroatoms. The number of hydrogen-bond acceptors (Lipinski definition) is 3. The summed E-state index contributed by atoms with van der Waals surface area (Å²) in [6.07, 6.45) is 5.38. The van der Waals surface area contributed by atoms with Crippen molar-refractivity contribution in [2.45, 2.75) is 31.6 Å². The van der Waals surface area contributed by atoms with Gasteiger partial charge in [0.2, 0.25) is 5.91 Å². The van der Waals surface area contributed by atoms with Crippen molar-refractivity contribution in [2.24, 2.45) is 0 Å². The molecular formula is C18H17F2N5O. The third kappa shape index (κ3) is 3.35. The Hall–Kier alpha value is -3.03. The number of nitrogens with one attached hydrogen (secondary N) is 2. The van der Waals surface area contributed by atoms with Crippen molar-refractivity contribution in [3.8, 4) is 5.69 Å². The molecule has 0 unspecified atom stereocenters. The summed E-state index contributed by atoms with van der Waals surface area (Å²) in [5.74, 6) is -1.09. The molecule has 0 radical (unpaired) electrons. The van der Waals surface area contributed by atoms with Crippen LogP contribution in [-0.4, -0.2) is 25.9 Å². The molecule has 1 aromatic carbocycles. The molecular weight excluding hydrogens is 340 g/mol. The third-order valence-electron chi connectivity index (χ3n) is 4.47. The highest BCUT2D eigenvalue weighted by atomic mass is 19.1. The smallest absolute Gasteiger partial charge is 0.232 e. The normalized spacial score (nSPS) is 15.0. The van der Waals surface area contributed by atoms with E-state index in [9.17, 15) is 13.6 Å². The molecule has 1 atom stereocenters. The lowest BCUT2D eigenvalue weighted by Crippen LogP contribution is -2.18. The predicted octanol–water partition coefficient (Wildman–Crippen LogP) is 3.49. The monoisotopic (exact) mass is 357 g/mol. The summed E-state index contributed by atoms with van der Waals surface area (Å²) >= 11 is 0. The minimum Gasteiger partial charge on any atom is -0.309 e. The van der Waals surface area contributed by atoms with E-state index in [1.54, 1.807) is 13.1 Å². The molecule has 1 saturated carbocycles. The number of nitrogens with zero attached hydrogens (tertiary/aromatic N) is 3. The maximum absolute atomic E-state index is 13.4. The summed E-state index contributed by atoms with van der Waals surface area (Å²) in [7, 11) is 0. The molecule has 2 N–H and O–H groups in total. The highest BCUT2D eigenvalue weighted by Crippen LogP contribution is 2.39. The fourth-order valence-corrected chi connectivity index (χ4v) is 2.76. The maximum Gasteiger partial charge on any atom is 0.232 e. The van der Waals surface area contributed by atoms with E-state index in [1.807, 2.05) is 6.07 Å². The molecule has 4 rings (SSSR count). The van der Waals surface area contributed by atoms with Crippen molar-refractivity contribution >= 4 is 11.7 Å². The Morgan fingerprint density at radius 1 is 1.27 bits per heavy atom. The van der Waals surface area contributed by atoms with Crippen molar-refractivity contribution in [1.82, 2.24) is 20.0 Å². The lowest BCUT2D eigenvalue weighted by molar-refractivity contribution is -0.117. The Labute approximate surface area is 148 Å². The van der Waals surface area contributed by atoms with Crippen LogP contribution in [0.5, 0.6) is 0 Å². The Morgan fingerprint density at radius 2 is 2.00 bits per heavy atom. The molecule has 2 heterocycles. The fourth-order valence-electron chi connectivity index (χ4n) is 2.76. The van der Waals surface area contributed by atoms with Crippen molar-refractivity contribution in [2.75, 3.05) is 5.32 Å². The van der Waals surface area contributed by atoms with Crippen LogP contribution in [0.3, 0.4) is 0 Å². The van der Waals surface area contributed by atoms with E-state index in [0.717, 1.165) is 24.6 Å². The zero-order valence-electron chi connectivity index (χ0n) is 14.0. The van der Waals surface area contributed by atoms with Gasteiger partial charge in [-0.25, -0.2) is 13.5 Å². The molecule has 0 saturated heterocycles. The highest BCUT2D eigenvalue weighted by molar-refractivity contribution is 5.94. The first-order valence-electron chi connectivity index (χ1n) is 8.37. The van der Waals surface area contributed by atoms with Crippen LogP contribution in [0.2, 0.25) is 0 Å². The summed E-state index contributed by atoms with van der Waals surface area (Å²) < 4.78 is 28.1. The molecule has 0 aliphatic heterocycles. The Morgan fingerprint density at radius 3 is 2.69 bits per heavy atom. The van der Waals surface area contributed by atoms with Crippen molar-refractivity contribution in [1.29, 1.82) is 0 Å². The van der Waals surface area contributed by atoms with Crippen molar-refractivity contribution in [3.63, 3.8) is 0 Å². The summed E-state index contributed by atoms with van der Waals surface area (Å²) in [5, 5.41) is 13.9. The van der Waals surface area contributed by atoms with Crippen LogP contribution in [0.1, 0.15) is 42.9 Å². The SMILES string of the molecule is C[C@@H](C(=O)Nc1cc(C2CC2)[nH]n1)c1cnn(-c2cc(F)cc(F)c2)c1. The number of carbonyl (C=O) groups excluding carboxylic acids is 1. The Bertz CT molecular complexity index is 940. The molecule has 1 aliphatic rings. The molecule has 6 nitrogen and oxygen atoms in total. The van der Waals surface area contributed by atoms with Crippen LogP contribution in [0, 0.1) is 11.6 Å². The van der Waals surface area contributed by atoms with E-state index in [0.29, 0.717) is 17.3 Å². The molecule has 2 aromatic heterocycles. The van der Waals surface area contributed by atoms with Gasteiger partial charge in [-0.15, -0.1) is 0 Å². The van der Waals surface area contributed by atoms with Crippen LogP contribution in [0.4, 0.5) is 14.6 Å². The Balaban J connectivity index is 1.47. The number of aromatic amines is 1. The lowest BCUT2D eigenvalue weighted by atomic mass is 10.0. The highest BCUT2D eigenvalue weighted by Gasteiger charge is 2.26. The molecule has 0 spiro atoms. The minimum absolute atomic E-state index is 0.233. The Kier molecular flexibility index (Phi) is 4.02. The van der Waals surface area contributed by atoms with E-state index in [4.69, 9.17) is 0 Å². The summed E-state index contributed by atoms with van der Waals surface area (Å²) in [6, 6.07) is 4.99. The number of anilines is 1. The van der Waals surface area contributed by atoms with Gasteiger partial charge in [0.25, 0.3) is 0 Å². The lowest BCUT2D eigenvalue weighted by Gasteiger charge is -2.08. The second-order valence-corrected chi connectivity index (χ2v) is 6.54. The average molecular weight is 357 g/mol. The van der Waals surface area contributed by atoms with E-state index in [-0.39, 0.29) is 11.6 Å². The molecule has 1 fully saturated rings. The summed E-state index contributed by atoms with van der Waals surface area (Å²) in [5.41, 5.74) is 1.92. The number of aromatic nitrogens is 4. The van der Waals surface area contributed by atoms with E-state index >= 15 is 0 Å². The van der Waals surface area contributed by atoms with Gasteiger partial charge in [0.15, 0.2) is 5.82 Å². The van der Waals surface area contributed by atoms with Gasteiger partial charge in [-0.2, -0.15) is 10.2 Å². The summed E-state index contributed by atoms with van der Waals surface area (Å²) in [6.45, 7) is 1.73. The van der Waals surface area contributed by atoms with Crippen LogP contribution >= 0.6 is 0 Å². The van der Waals surface area contributed by atoms with E-state index in [2.05, 4.69) is 20.6 Å². The molecule has 134 valence electrons. The number of rotatable bonds is 5. The molecule has 3 aromatic rings. The summed E-state index contributed by atoms with van der Waals surface area (Å²) in [4.78, 5) is 12.4. The third-order valence-corrected chi connectivity index (χ3v) is 4.47. The van der Waals surface area contributed by atoms with Gasteiger partial charge in [-0.3, -0.25) is 9.89 Å². The van der Waals surface area contributed by atoms with Gasteiger partial charge in [-0.1, -0.05) is 0 Å². The van der Waals surface area contributed by atoms with Gasteiger partial charge in [0, 0.05) is 35.5 Å². The van der Waals surface area contributed by atoms with Crippen LogP contribution in [0.15, 0.2) is 36.7 Å². The second kappa shape index (κ2) is 6.36. The van der Waals surface area contributed by atoms with Gasteiger partial charge in [-0.05, 0) is 31.9 Å². The number of H-pyrrole nitrogens is 1. The first-order valence-corrected chi connectivity index (χ1v) is 8.37. The standard InChI is InChI=1S/C18H17F2N5O/c1-10(18(26)22-17-7-16(23-24-17)11-2-3-11)12-8-21-25(9-12)15-5-13(19)4-14(20)6-15/h4-11H,2-3H2,1H3,(H2,22,23,24,26)/t10-/m1/s1. The van der Waals surface area contributed by atoms with Gasteiger partial charge < -0.3 is 5.32 Å². The minimum atomic E-state index is -0.687. The number of benzene rings is 1. The number of hydrogen-bond donors (Lipinski definition) is 2. The molecule has 26 heavy (non-hydrogen) atoms. The van der Waals surface area contributed by atoms with Crippen LogP contribution in [-0.2, 0) is 4.79 Å². The van der Waals surface area contributed by atoms with Gasteiger partial charge >= 0.3 is 0 Å². The molecule has 0 bridgehead atoms. The largest absolute Gasteiger partial charge is 0.309 e. The zero-order valence-corrected chi connectivity index (χ0v) is 14.0. The van der Waals surface area contributed by atoms with Crippen LogP contribution in [0.25, 0.3) is 5.69 Å². The van der Waals surface area contributed by atoms with E-state index in [1.165, 1.54) is 23.0 Å². The van der Waals surface area contributed by atoms with Gasteiger partial charge in [0.05, 0.1) is 17.8 Å². The fraction of sp³-hybridized carbons (Fsp3) is 0.278. The van der Waals surface area contributed by atoms with E-state index < -0.39 is 17.6 Å². The number of carbonyl (C=O) groups is 1. The second-order valence-electron chi connectivity index (χ2n) is 6.54. The number of amides is 1. The quantitative estimate of drug-likeness (QED) is 0.734. The maximum atomic E-state index is 13.4. The first-order chi connectivity index (χ1) is 12.5. The van der Waals surface area contributed by atoms with Crippen LogP contribution < -0.4 is 5.32 Å². The molecule has 1 aliphatic carbocycles. The first kappa shape index (κ1) is 16.4. The van der Waals surface area contributed by atoms with Gasteiger partial charge in [0.1, 0.15) is 11.6 Å². The zero-order chi connectivity index (χ0) is 18.3.